The number of likely N-dealkylation sites (N-methyl/N-ethyl adjacent to an activating group) is 1. The molecule has 1 unspecified atom stereocenters. The molecule has 0 aromatic heterocycles. The van der Waals surface area contributed by atoms with Crippen LogP contribution in [-0.4, -0.2) is 64.7 Å². The van der Waals surface area contributed by atoms with E-state index in [1.807, 2.05) is 0 Å². The lowest BCUT2D eigenvalue weighted by Gasteiger charge is -2.38. The van der Waals surface area contributed by atoms with E-state index in [-0.39, 0.29) is 13.2 Å². The summed E-state index contributed by atoms with van der Waals surface area (Å²) in [6, 6.07) is 0. The number of nitrogens with zero attached hydrogens (tertiary/aromatic N) is 1. The molecule has 3 N–H and O–H groups in total. The van der Waals surface area contributed by atoms with Crippen molar-refractivity contribution in [2.45, 2.75) is 24.1 Å². The lowest BCUT2D eigenvalue weighted by molar-refractivity contribution is -0.259. The summed E-state index contributed by atoms with van der Waals surface area (Å²) in [5.41, 5.74) is -1.10. The second-order valence-electron chi connectivity index (χ2n) is 3.53. The molecule has 2 aliphatic heterocycles. The second kappa shape index (κ2) is 2.88. The Morgan fingerprint density at radius 2 is 2.23 bits per heavy atom. The van der Waals surface area contributed by atoms with Crippen molar-refractivity contribution in [1.82, 2.24) is 5.06 Å². The van der Waals surface area contributed by atoms with Gasteiger partial charge < -0.3 is 20.1 Å². The molecule has 4 atom stereocenters. The van der Waals surface area contributed by atoms with Crippen LogP contribution in [0.5, 0.6) is 0 Å². The van der Waals surface area contributed by atoms with Gasteiger partial charge in [-0.3, -0.25) is 4.84 Å². The summed E-state index contributed by atoms with van der Waals surface area (Å²) in [7, 11) is 1.66. The first-order valence-corrected chi connectivity index (χ1v) is 4.12. The number of fused-ring (bicyclic) bond motifs is 2. The zero-order valence-electron chi connectivity index (χ0n) is 7.25. The Kier molecular flexibility index (Phi) is 2.06. The second-order valence-corrected chi connectivity index (χ2v) is 3.53. The van der Waals surface area contributed by atoms with Crippen LogP contribution in [0.15, 0.2) is 0 Å². The minimum Gasteiger partial charge on any atom is -0.393 e. The Hall–Kier alpha value is -0.240. The van der Waals surface area contributed by atoms with Gasteiger partial charge in [0.1, 0.15) is 11.7 Å². The van der Waals surface area contributed by atoms with Gasteiger partial charge in [0.05, 0.1) is 13.2 Å². The molecule has 2 fully saturated rings. The van der Waals surface area contributed by atoms with Crippen LogP contribution in [0.2, 0.25) is 0 Å². The minimum absolute atomic E-state index is 0.234. The van der Waals surface area contributed by atoms with Crippen molar-refractivity contribution in [1.29, 1.82) is 0 Å². The summed E-state index contributed by atoms with van der Waals surface area (Å²) in [5.74, 6) is 0. The number of hydroxylamine groups is 2. The average molecular weight is 191 g/mol. The fourth-order valence-electron chi connectivity index (χ4n) is 1.88. The number of hydrogen-bond donors (Lipinski definition) is 3. The van der Waals surface area contributed by atoms with Crippen molar-refractivity contribution < 1.29 is 24.9 Å². The first-order chi connectivity index (χ1) is 6.09. The van der Waals surface area contributed by atoms with Crippen LogP contribution in [0.3, 0.4) is 0 Å². The van der Waals surface area contributed by atoms with E-state index >= 15 is 0 Å². The van der Waals surface area contributed by atoms with E-state index in [0.717, 1.165) is 0 Å². The van der Waals surface area contributed by atoms with E-state index in [4.69, 9.17) is 14.7 Å². The Balaban J connectivity index is 2.26. The van der Waals surface area contributed by atoms with Crippen LogP contribution in [0.4, 0.5) is 0 Å². The van der Waals surface area contributed by atoms with Crippen LogP contribution in [0.25, 0.3) is 0 Å². The normalized spacial score (nSPS) is 51.2. The van der Waals surface area contributed by atoms with E-state index < -0.39 is 24.1 Å². The minimum atomic E-state index is -1.17. The molecule has 6 heteroatoms. The first kappa shape index (κ1) is 9.32. The van der Waals surface area contributed by atoms with Gasteiger partial charge in [-0.15, -0.1) is 0 Å². The summed E-state index contributed by atoms with van der Waals surface area (Å²) in [4.78, 5) is 5.13. The van der Waals surface area contributed by atoms with Crippen LogP contribution in [0.1, 0.15) is 0 Å². The molecule has 0 aliphatic carbocycles. The predicted octanol–water partition coefficient (Wildman–Crippen LogP) is -2.33. The van der Waals surface area contributed by atoms with Gasteiger partial charge in [0.15, 0.2) is 12.4 Å². The molecular formula is C7H13NO5. The molecular weight excluding hydrogens is 178 g/mol. The van der Waals surface area contributed by atoms with Gasteiger partial charge in [0, 0.05) is 7.05 Å². The van der Waals surface area contributed by atoms with Crippen LogP contribution >= 0.6 is 0 Å². The van der Waals surface area contributed by atoms with Crippen LogP contribution in [-0.2, 0) is 9.57 Å². The van der Waals surface area contributed by atoms with Gasteiger partial charge in [-0.2, -0.15) is 5.06 Å². The van der Waals surface area contributed by atoms with Crippen molar-refractivity contribution >= 4 is 0 Å². The summed E-state index contributed by atoms with van der Waals surface area (Å²) < 4.78 is 5.09. The summed E-state index contributed by atoms with van der Waals surface area (Å²) >= 11 is 0. The van der Waals surface area contributed by atoms with Crippen LogP contribution in [0, 0.1) is 0 Å². The van der Waals surface area contributed by atoms with Gasteiger partial charge in [-0.05, 0) is 0 Å². The van der Waals surface area contributed by atoms with Crippen molar-refractivity contribution in [2.75, 3.05) is 20.2 Å². The zero-order chi connectivity index (χ0) is 9.64. The Morgan fingerprint density at radius 1 is 1.54 bits per heavy atom. The van der Waals surface area contributed by atoms with E-state index in [9.17, 15) is 10.2 Å². The van der Waals surface area contributed by atoms with E-state index in [1.165, 1.54) is 5.06 Å². The molecule has 2 aliphatic rings. The standard InChI is InChI=1S/C7H13NO5/c1-8-2-7(3-9)5(10)4(13-8)6(11)12-7/h4-6,9-11H,2-3H2,1H3/t4-,5?,6+,7+/m0/s1. The number of aliphatic hydroxyl groups is 3. The molecule has 6 nitrogen and oxygen atoms in total. The highest BCUT2D eigenvalue weighted by atomic mass is 16.8. The third-order valence-corrected chi connectivity index (χ3v) is 2.55. The first-order valence-electron chi connectivity index (χ1n) is 4.12. The number of aliphatic hydroxyl groups excluding tert-OH is 3. The zero-order valence-corrected chi connectivity index (χ0v) is 7.25. The maximum atomic E-state index is 9.65. The average Bonchev–Trinajstić information content (AvgIpc) is 2.26. The summed E-state index contributed by atoms with van der Waals surface area (Å²) in [5, 5.41) is 29.5. The summed E-state index contributed by atoms with van der Waals surface area (Å²) in [6.07, 6.45) is -2.96. The number of hydrogen-bond acceptors (Lipinski definition) is 6. The predicted molar refractivity (Wildman–Crippen MR) is 40.4 cm³/mol. The Labute approximate surface area is 75.2 Å². The Bertz CT molecular complexity index is 209. The lowest BCUT2D eigenvalue weighted by Crippen LogP contribution is -2.58. The largest absolute Gasteiger partial charge is 0.393 e. The third kappa shape index (κ3) is 1.18. The molecule has 0 spiro atoms. The molecule has 2 bridgehead atoms. The maximum absolute atomic E-state index is 9.65. The smallest absolute Gasteiger partial charge is 0.186 e. The van der Waals surface area contributed by atoms with Crippen molar-refractivity contribution in [2.24, 2.45) is 0 Å². The molecule has 2 rings (SSSR count). The highest BCUT2D eigenvalue weighted by Gasteiger charge is 2.59. The highest BCUT2D eigenvalue weighted by molar-refractivity contribution is 5.03. The molecule has 76 valence electrons. The van der Waals surface area contributed by atoms with Crippen molar-refractivity contribution in [3.63, 3.8) is 0 Å². The molecule has 13 heavy (non-hydrogen) atoms. The van der Waals surface area contributed by atoms with E-state index in [0.29, 0.717) is 0 Å². The van der Waals surface area contributed by atoms with Crippen molar-refractivity contribution in [3.05, 3.63) is 0 Å². The molecule has 0 amide bonds. The van der Waals surface area contributed by atoms with Crippen molar-refractivity contribution in [3.8, 4) is 0 Å². The van der Waals surface area contributed by atoms with Crippen LogP contribution < -0.4 is 0 Å². The van der Waals surface area contributed by atoms with Gasteiger partial charge >= 0.3 is 0 Å². The van der Waals surface area contributed by atoms with Gasteiger partial charge in [0.2, 0.25) is 0 Å². The lowest BCUT2D eigenvalue weighted by atomic mass is 9.95. The number of rotatable bonds is 1. The van der Waals surface area contributed by atoms with E-state index in [2.05, 4.69) is 0 Å². The quantitative estimate of drug-likeness (QED) is 0.431. The Morgan fingerprint density at radius 3 is 2.85 bits per heavy atom. The topological polar surface area (TPSA) is 82.4 Å². The van der Waals surface area contributed by atoms with Gasteiger partial charge in [-0.1, -0.05) is 0 Å². The van der Waals surface area contributed by atoms with Gasteiger partial charge in [0.25, 0.3) is 0 Å². The molecule has 2 heterocycles. The molecule has 0 aromatic rings. The highest BCUT2D eigenvalue weighted by Crippen LogP contribution is 2.36. The SMILES string of the molecule is CN1C[C@]2(CO)O[C@@H](O)[C@@H](O1)C2O. The molecule has 0 radical (unpaired) electrons. The van der Waals surface area contributed by atoms with E-state index in [1.54, 1.807) is 7.05 Å². The van der Waals surface area contributed by atoms with Gasteiger partial charge in [-0.25, -0.2) is 0 Å². The maximum Gasteiger partial charge on any atom is 0.186 e. The molecule has 2 saturated heterocycles. The monoisotopic (exact) mass is 191 g/mol. The third-order valence-electron chi connectivity index (χ3n) is 2.55. The number of ether oxygens (including phenoxy) is 1. The summed E-state index contributed by atoms with van der Waals surface area (Å²) in [6.45, 7) is -0.104. The fraction of sp³-hybridized carbons (Fsp3) is 1.00. The molecule has 0 saturated carbocycles. The fourth-order valence-corrected chi connectivity index (χ4v) is 1.88. The molecule has 0 aromatic carbocycles.